The minimum atomic E-state index is -0.305. The predicted octanol–water partition coefficient (Wildman–Crippen LogP) is 6.24. The summed E-state index contributed by atoms with van der Waals surface area (Å²) in [7, 11) is 0. The van der Waals surface area contributed by atoms with E-state index in [0.717, 1.165) is 18.8 Å². The molecule has 0 radical (unpaired) electrons. The number of rotatable bonds is 3. The molecule has 0 unspecified atom stereocenters. The molecule has 0 amide bonds. The highest BCUT2D eigenvalue weighted by Gasteiger charge is 2.50. The summed E-state index contributed by atoms with van der Waals surface area (Å²) in [6.07, 6.45) is 21.3. The molecular weight excluding hydrogens is 256 g/mol. The largest absolute Gasteiger partial charge is 0.390 e. The first kappa shape index (κ1) is 17.3. The van der Waals surface area contributed by atoms with Crippen LogP contribution in [0, 0.1) is 11.8 Å². The monoisotopic (exact) mass is 294 g/mol. The fourth-order valence-corrected chi connectivity index (χ4v) is 4.46. The molecule has 2 aliphatic carbocycles. The van der Waals surface area contributed by atoms with E-state index in [9.17, 15) is 5.11 Å². The van der Waals surface area contributed by atoms with Crippen LogP contribution in [0.5, 0.6) is 0 Å². The summed E-state index contributed by atoms with van der Waals surface area (Å²) >= 11 is 0. The van der Waals surface area contributed by atoms with Gasteiger partial charge in [0.2, 0.25) is 0 Å². The predicted molar refractivity (Wildman–Crippen MR) is 91.5 cm³/mol. The Hall–Kier alpha value is -0.0400. The van der Waals surface area contributed by atoms with Crippen LogP contribution in [0.4, 0.5) is 0 Å². The zero-order chi connectivity index (χ0) is 15.0. The molecule has 2 saturated carbocycles. The van der Waals surface area contributed by atoms with Gasteiger partial charge >= 0.3 is 0 Å². The van der Waals surface area contributed by atoms with Gasteiger partial charge in [-0.15, -0.1) is 0 Å². The molecule has 1 nitrogen and oxygen atoms in total. The van der Waals surface area contributed by atoms with Gasteiger partial charge in [0.15, 0.2) is 0 Å². The summed E-state index contributed by atoms with van der Waals surface area (Å²) in [6.45, 7) is 2.25. The third kappa shape index (κ3) is 5.93. The number of fused-ring (bicyclic) bond motifs is 1. The van der Waals surface area contributed by atoms with E-state index in [4.69, 9.17) is 0 Å². The van der Waals surface area contributed by atoms with Crippen LogP contribution in [0.3, 0.4) is 0 Å². The van der Waals surface area contributed by atoms with E-state index >= 15 is 0 Å². The summed E-state index contributed by atoms with van der Waals surface area (Å²) in [5.74, 6) is 1.51. The summed E-state index contributed by atoms with van der Waals surface area (Å²) in [6, 6.07) is 0. The summed E-state index contributed by atoms with van der Waals surface area (Å²) in [5, 5.41) is 11.2. The molecule has 0 heterocycles. The van der Waals surface area contributed by atoms with Gasteiger partial charge in [-0.2, -0.15) is 0 Å². The van der Waals surface area contributed by atoms with Gasteiger partial charge in [-0.05, 0) is 31.1 Å². The average molecular weight is 295 g/mol. The molecule has 2 aliphatic rings. The SMILES string of the molecule is CCCC[C@@]1(O)CCCCCCCCCCCC[C@H]2C[C@@H]21. The van der Waals surface area contributed by atoms with Crippen molar-refractivity contribution < 1.29 is 5.11 Å². The first-order valence-electron chi connectivity index (χ1n) is 9.98. The highest BCUT2D eigenvalue weighted by Crippen LogP contribution is 2.52. The Morgan fingerprint density at radius 2 is 1.43 bits per heavy atom. The molecular formula is C20H38O. The molecule has 1 heteroatoms. The lowest BCUT2D eigenvalue weighted by Gasteiger charge is -2.29. The second kappa shape index (κ2) is 9.18. The van der Waals surface area contributed by atoms with Gasteiger partial charge in [-0.25, -0.2) is 0 Å². The van der Waals surface area contributed by atoms with E-state index in [1.807, 2.05) is 0 Å². The molecule has 0 saturated heterocycles. The zero-order valence-electron chi connectivity index (χ0n) is 14.4. The Balaban J connectivity index is 1.83. The third-order valence-corrected chi connectivity index (χ3v) is 6.01. The second-order valence-electron chi connectivity index (χ2n) is 7.88. The van der Waals surface area contributed by atoms with Crippen LogP contribution in [-0.4, -0.2) is 10.7 Å². The standard InChI is InChI=1S/C20H38O/c1-2-3-15-20(21)16-13-11-9-7-5-4-6-8-10-12-14-18-17-19(18)20/h18-19,21H,2-17H2,1H3/t18-,19-,20+/m0/s1. The van der Waals surface area contributed by atoms with E-state index in [2.05, 4.69) is 6.92 Å². The van der Waals surface area contributed by atoms with Crippen molar-refractivity contribution in [2.24, 2.45) is 11.8 Å². The molecule has 0 spiro atoms. The van der Waals surface area contributed by atoms with E-state index in [1.165, 1.54) is 89.9 Å². The van der Waals surface area contributed by atoms with Gasteiger partial charge in [0.25, 0.3) is 0 Å². The van der Waals surface area contributed by atoms with Crippen molar-refractivity contribution in [2.75, 3.05) is 0 Å². The van der Waals surface area contributed by atoms with Crippen LogP contribution < -0.4 is 0 Å². The van der Waals surface area contributed by atoms with Crippen LogP contribution in [0.15, 0.2) is 0 Å². The molecule has 2 fully saturated rings. The van der Waals surface area contributed by atoms with Gasteiger partial charge in [-0.1, -0.05) is 90.4 Å². The molecule has 0 aromatic heterocycles. The topological polar surface area (TPSA) is 20.2 Å². The quantitative estimate of drug-likeness (QED) is 0.653. The van der Waals surface area contributed by atoms with Crippen molar-refractivity contribution in [2.45, 2.75) is 115 Å². The van der Waals surface area contributed by atoms with Crippen LogP contribution >= 0.6 is 0 Å². The summed E-state index contributed by atoms with van der Waals surface area (Å²) in [4.78, 5) is 0. The fourth-order valence-electron chi connectivity index (χ4n) is 4.46. The highest BCUT2D eigenvalue weighted by atomic mass is 16.3. The molecule has 0 aromatic carbocycles. The lowest BCUT2D eigenvalue weighted by molar-refractivity contribution is -0.00890. The number of hydrogen-bond donors (Lipinski definition) is 1. The number of aliphatic hydroxyl groups is 1. The van der Waals surface area contributed by atoms with Crippen molar-refractivity contribution >= 4 is 0 Å². The highest BCUT2D eigenvalue weighted by molar-refractivity contribution is 5.00. The van der Waals surface area contributed by atoms with Gasteiger partial charge < -0.3 is 5.11 Å². The Bertz CT molecular complexity index is 275. The lowest BCUT2D eigenvalue weighted by atomic mass is 9.84. The molecule has 1 N–H and O–H groups in total. The summed E-state index contributed by atoms with van der Waals surface area (Å²) < 4.78 is 0. The van der Waals surface area contributed by atoms with Gasteiger partial charge in [0.05, 0.1) is 5.60 Å². The first-order valence-corrected chi connectivity index (χ1v) is 9.98. The van der Waals surface area contributed by atoms with E-state index in [-0.39, 0.29) is 5.60 Å². The van der Waals surface area contributed by atoms with Crippen molar-refractivity contribution in [3.05, 3.63) is 0 Å². The maximum Gasteiger partial charge on any atom is 0.0678 e. The van der Waals surface area contributed by atoms with E-state index in [0.29, 0.717) is 5.92 Å². The van der Waals surface area contributed by atoms with Crippen LogP contribution in [-0.2, 0) is 0 Å². The molecule has 3 atom stereocenters. The lowest BCUT2D eigenvalue weighted by Crippen LogP contribution is -2.32. The zero-order valence-corrected chi connectivity index (χ0v) is 14.4. The first-order chi connectivity index (χ1) is 10.3. The number of hydrogen-bond acceptors (Lipinski definition) is 1. The fraction of sp³-hybridized carbons (Fsp3) is 1.00. The smallest absolute Gasteiger partial charge is 0.0678 e. The normalized spacial score (nSPS) is 36.3. The van der Waals surface area contributed by atoms with Crippen molar-refractivity contribution in [3.63, 3.8) is 0 Å². The average Bonchev–Trinajstić information content (AvgIpc) is 3.26. The molecule has 21 heavy (non-hydrogen) atoms. The minimum Gasteiger partial charge on any atom is -0.390 e. The van der Waals surface area contributed by atoms with Crippen LogP contribution in [0.25, 0.3) is 0 Å². The van der Waals surface area contributed by atoms with Crippen LogP contribution in [0.2, 0.25) is 0 Å². The minimum absolute atomic E-state index is 0.305. The number of unbranched alkanes of at least 4 members (excludes halogenated alkanes) is 1. The molecule has 124 valence electrons. The van der Waals surface area contributed by atoms with E-state index < -0.39 is 0 Å². The molecule has 0 aliphatic heterocycles. The molecule has 0 bridgehead atoms. The maximum absolute atomic E-state index is 11.2. The molecule has 2 rings (SSSR count). The molecule has 0 aromatic rings. The van der Waals surface area contributed by atoms with Crippen molar-refractivity contribution in [3.8, 4) is 0 Å². The van der Waals surface area contributed by atoms with Crippen LogP contribution in [0.1, 0.15) is 110 Å². The maximum atomic E-state index is 11.2. The summed E-state index contributed by atoms with van der Waals surface area (Å²) in [5.41, 5.74) is -0.305. The van der Waals surface area contributed by atoms with Crippen molar-refractivity contribution in [1.82, 2.24) is 0 Å². The van der Waals surface area contributed by atoms with Gasteiger partial charge in [0.1, 0.15) is 0 Å². The Morgan fingerprint density at radius 3 is 2.05 bits per heavy atom. The second-order valence-corrected chi connectivity index (χ2v) is 7.88. The van der Waals surface area contributed by atoms with E-state index in [1.54, 1.807) is 0 Å². The third-order valence-electron chi connectivity index (χ3n) is 6.01. The van der Waals surface area contributed by atoms with Gasteiger partial charge in [0, 0.05) is 0 Å². The Kier molecular flexibility index (Phi) is 7.57. The Labute approximate surface area is 132 Å². The van der Waals surface area contributed by atoms with Crippen molar-refractivity contribution in [1.29, 1.82) is 0 Å². The van der Waals surface area contributed by atoms with Gasteiger partial charge in [-0.3, -0.25) is 0 Å². The Morgan fingerprint density at radius 1 is 0.857 bits per heavy atom.